The fourth-order valence-electron chi connectivity index (χ4n) is 3.98. The van der Waals surface area contributed by atoms with Gasteiger partial charge in [-0.3, -0.25) is 0 Å². The first-order valence-electron chi connectivity index (χ1n) is 10.3. The summed E-state index contributed by atoms with van der Waals surface area (Å²) in [6.07, 6.45) is 4.20. The van der Waals surface area contributed by atoms with E-state index < -0.39 is 0 Å². The molecule has 29 heavy (non-hydrogen) atoms. The molecule has 2 aromatic rings. The van der Waals surface area contributed by atoms with E-state index in [-0.39, 0.29) is 24.0 Å². The summed E-state index contributed by atoms with van der Waals surface area (Å²) in [6.45, 7) is 4.09. The first-order chi connectivity index (χ1) is 13.8. The van der Waals surface area contributed by atoms with Crippen LogP contribution >= 0.6 is 24.0 Å². The maximum absolute atomic E-state index is 5.96. The lowest BCUT2D eigenvalue weighted by Gasteiger charge is -2.22. The van der Waals surface area contributed by atoms with Crippen LogP contribution in [0.1, 0.15) is 37.3 Å². The zero-order valence-corrected chi connectivity index (χ0v) is 19.2. The Morgan fingerprint density at radius 2 is 1.83 bits per heavy atom. The highest BCUT2D eigenvalue weighted by atomic mass is 127. The first-order valence-corrected chi connectivity index (χ1v) is 10.3. The van der Waals surface area contributed by atoms with Gasteiger partial charge in [0.2, 0.25) is 0 Å². The molecule has 2 saturated heterocycles. The van der Waals surface area contributed by atoms with E-state index in [1.54, 1.807) is 0 Å². The molecule has 2 heterocycles. The standard InChI is InChI=1S/C23H29N3O2.HI/c1-2-24-23(26-21-14-20-12-13-22(21)28-20)25-15-17-8-6-7-9-18(17)16-27-19-10-4-3-5-11-19;/h3-11,20-22H,2,12-16H2,1H3,(H2,24,25,26);1H. The highest BCUT2D eigenvalue weighted by molar-refractivity contribution is 14.0. The first kappa shape index (κ1) is 21.9. The zero-order valence-electron chi connectivity index (χ0n) is 16.8. The van der Waals surface area contributed by atoms with Gasteiger partial charge in [-0.25, -0.2) is 4.99 Å². The van der Waals surface area contributed by atoms with Crippen molar-refractivity contribution >= 4 is 29.9 Å². The maximum atomic E-state index is 5.96. The highest BCUT2D eigenvalue weighted by Gasteiger charge is 2.41. The Morgan fingerprint density at radius 1 is 1.07 bits per heavy atom. The molecule has 2 N–H and O–H groups in total. The Balaban J connectivity index is 0.00000240. The minimum Gasteiger partial charge on any atom is -0.489 e. The number of guanidine groups is 1. The molecule has 3 unspecified atom stereocenters. The van der Waals surface area contributed by atoms with Crippen LogP contribution in [-0.2, 0) is 17.9 Å². The van der Waals surface area contributed by atoms with E-state index in [2.05, 4.69) is 35.8 Å². The van der Waals surface area contributed by atoms with Gasteiger partial charge in [0.1, 0.15) is 12.4 Å². The molecular weight excluding hydrogens is 477 g/mol. The molecule has 3 atom stereocenters. The Kier molecular flexibility index (Phi) is 8.18. The third-order valence-corrected chi connectivity index (χ3v) is 5.44. The lowest BCUT2D eigenvalue weighted by Crippen LogP contribution is -2.47. The van der Waals surface area contributed by atoms with Gasteiger partial charge in [-0.2, -0.15) is 0 Å². The van der Waals surface area contributed by atoms with E-state index in [0.29, 0.717) is 31.4 Å². The summed E-state index contributed by atoms with van der Waals surface area (Å²) in [5.74, 6) is 1.74. The average molecular weight is 507 g/mol. The number of benzene rings is 2. The molecule has 2 bridgehead atoms. The zero-order chi connectivity index (χ0) is 19.2. The number of hydrogen-bond acceptors (Lipinski definition) is 3. The van der Waals surface area contributed by atoms with Gasteiger partial charge in [-0.05, 0) is 49.4 Å². The molecule has 4 rings (SSSR count). The predicted molar refractivity (Wildman–Crippen MR) is 127 cm³/mol. The minimum atomic E-state index is 0. The van der Waals surface area contributed by atoms with Crippen molar-refractivity contribution in [1.29, 1.82) is 0 Å². The van der Waals surface area contributed by atoms with Crippen molar-refractivity contribution in [1.82, 2.24) is 10.6 Å². The van der Waals surface area contributed by atoms with Crippen LogP contribution in [0.3, 0.4) is 0 Å². The van der Waals surface area contributed by atoms with E-state index >= 15 is 0 Å². The molecule has 0 aliphatic carbocycles. The molecule has 0 radical (unpaired) electrons. The molecule has 0 saturated carbocycles. The lowest BCUT2D eigenvalue weighted by atomic mass is 9.96. The third kappa shape index (κ3) is 5.85. The molecule has 0 amide bonds. The number of rotatable bonds is 7. The van der Waals surface area contributed by atoms with Crippen LogP contribution in [0.5, 0.6) is 5.75 Å². The number of halogens is 1. The maximum Gasteiger partial charge on any atom is 0.191 e. The number of para-hydroxylation sites is 1. The molecule has 156 valence electrons. The summed E-state index contributed by atoms with van der Waals surface area (Å²) in [4.78, 5) is 4.83. The van der Waals surface area contributed by atoms with Gasteiger partial charge in [-0.15, -0.1) is 24.0 Å². The Labute approximate surface area is 190 Å². The van der Waals surface area contributed by atoms with E-state index in [9.17, 15) is 0 Å². The van der Waals surface area contributed by atoms with Crippen LogP contribution in [-0.4, -0.2) is 30.8 Å². The van der Waals surface area contributed by atoms with Gasteiger partial charge >= 0.3 is 0 Å². The smallest absolute Gasteiger partial charge is 0.191 e. The SMILES string of the molecule is CCNC(=NCc1ccccc1COc1ccccc1)NC1CC2CCC1O2.I. The number of aliphatic imine (C=N–C) groups is 1. The van der Waals surface area contributed by atoms with Crippen LogP contribution in [0.15, 0.2) is 59.6 Å². The van der Waals surface area contributed by atoms with E-state index in [0.717, 1.165) is 36.7 Å². The van der Waals surface area contributed by atoms with Crippen molar-refractivity contribution in [2.75, 3.05) is 6.54 Å². The molecule has 0 aromatic heterocycles. The van der Waals surface area contributed by atoms with Gasteiger partial charge in [-0.1, -0.05) is 42.5 Å². The monoisotopic (exact) mass is 507 g/mol. The Hall–Kier alpha value is -1.80. The van der Waals surface area contributed by atoms with Crippen LogP contribution in [0.25, 0.3) is 0 Å². The second-order valence-electron chi connectivity index (χ2n) is 7.43. The normalized spacial score (nSPS) is 22.8. The van der Waals surface area contributed by atoms with Crippen molar-refractivity contribution in [2.45, 2.75) is 57.6 Å². The summed E-state index contributed by atoms with van der Waals surface area (Å²) in [5.41, 5.74) is 2.34. The Bertz CT molecular complexity index is 800. The third-order valence-electron chi connectivity index (χ3n) is 5.44. The summed E-state index contributed by atoms with van der Waals surface area (Å²) < 4.78 is 11.9. The second kappa shape index (κ2) is 10.8. The largest absolute Gasteiger partial charge is 0.489 e. The van der Waals surface area contributed by atoms with Crippen molar-refractivity contribution in [3.8, 4) is 5.75 Å². The molecular formula is C23H30IN3O2. The van der Waals surface area contributed by atoms with Crippen LogP contribution < -0.4 is 15.4 Å². The van der Waals surface area contributed by atoms with E-state index in [1.165, 1.54) is 12.0 Å². The molecule has 2 fully saturated rings. The minimum absolute atomic E-state index is 0. The molecule has 6 heteroatoms. The number of nitrogens with zero attached hydrogens (tertiary/aromatic N) is 1. The predicted octanol–water partition coefficient (Wildman–Crippen LogP) is 4.26. The highest BCUT2D eigenvalue weighted by Crippen LogP contribution is 2.34. The fourth-order valence-corrected chi connectivity index (χ4v) is 3.98. The number of fused-ring (bicyclic) bond motifs is 2. The fraction of sp³-hybridized carbons (Fsp3) is 0.435. The van der Waals surface area contributed by atoms with Gasteiger partial charge in [0.15, 0.2) is 5.96 Å². The van der Waals surface area contributed by atoms with Crippen molar-refractivity contribution in [3.63, 3.8) is 0 Å². The summed E-state index contributed by atoms with van der Waals surface area (Å²) in [6, 6.07) is 18.6. The number of nitrogens with one attached hydrogen (secondary N) is 2. The van der Waals surface area contributed by atoms with E-state index in [1.807, 2.05) is 36.4 Å². The van der Waals surface area contributed by atoms with Gasteiger partial charge in [0.25, 0.3) is 0 Å². The molecule has 2 aliphatic rings. The van der Waals surface area contributed by atoms with Crippen molar-refractivity contribution in [3.05, 3.63) is 65.7 Å². The number of ether oxygens (including phenoxy) is 2. The molecule has 2 aromatic carbocycles. The quantitative estimate of drug-likeness (QED) is 0.334. The van der Waals surface area contributed by atoms with Crippen LogP contribution in [0, 0.1) is 0 Å². The molecule has 0 spiro atoms. The van der Waals surface area contributed by atoms with Gasteiger partial charge < -0.3 is 20.1 Å². The second-order valence-corrected chi connectivity index (χ2v) is 7.43. The summed E-state index contributed by atoms with van der Waals surface area (Å²) in [7, 11) is 0. The topological polar surface area (TPSA) is 54.9 Å². The van der Waals surface area contributed by atoms with Crippen LogP contribution in [0.4, 0.5) is 0 Å². The van der Waals surface area contributed by atoms with Crippen molar-refractivity contribution in [2.24, 2.45) is 4.99 Å². The Morgan fingerprint density at radius 3 is 2.52 bits per heavy atom. The van der Waals surface area contributed by atoms with Crippen molar-refractivity contribution < 1.29 is 9.47 Å². The summed E-state index contributed by atoms with van der Waals surface area (Å²) >= 11 is 0. The summed E-state index contributed by atoms with van der Waals surface area (Å²) in [5, 5.41) is 6.95. The lowest BCUT2D eigenvalue weighted by molar-refractivity contribution is 0.0992. The van der Waals surface area contributed by atoms with Crippen LogP contribution in [0.2, 0.25) is 0 Å². The average Bonchev–Trinajstić information content (AvgIpc) is 3.35. The van der Waals surface area contributed by atoms with Gasteiger partial charge in [0, 0.05) is 6.54 Å². The molecule has 5 nitrogen and oxygen atoms in total. The number of hydrogen-bond donors (Lipinski definition) is 2. The van der Waals surface area contributed by atoms with E-state index in [4.69, 9.17) is 14.5 Å². The molecule has 2 aliphatic heterocycles. The van der Waals surface area contributed by atoms with Gasteiger partial charge in [0.05, 0.1) is 24.8 Å².